The van der Waals surface area contributed by atoms with E-state index in [1.807, 2.05) is 26.8 Å². The molecule has 20 nitrogen and oxygen atoms in total. The average Bonchev–Trinajstić information content (AvgIpc) is 3.29. The quantitative estimate of drug-likeness (QED) is 0.106. The molecule has 3 N–H and O–H groups in total. The SMILES string of the molecule is CC[C@H]1OC(=O)C[C@@H](OC(C)=O)[C@H](C)[C@@H](O[C@H]2O[C@H](C)[C@@H](O[C@H]3C[C@@](C)(O)[C@@H](OC(=O)CC(C)C)[C@H](C)O3)[C@@H](N(C)C)[C@@H]2O)[C@@H](CC=O)C[C@@H](C)C(=O)C=CC(C)=C[C@@H]1CO[C@@H]1O[C@H](C)[C@@H](O)[C@@H](OC)[C@@H]1OC. The number of aldehydes is 1. The van der Waals surface area contributed by atoms with E-state index < -0.39 is 152 Å². The molecule has 0 radical (unpaired) electrons. The molecule has 3 saturated heterocycles. The Hall–Kier alpha value is -3.25. The Labute approximate surface area is 432 Å². The molecular weight excluding hydrogens is 955 g/mol. The molecule has 4 rings (SSSR count). The number of aliphatic hydroxyl groups is 3. The average molecular weight is 1040 g/mol. The first-order valence-electron chi connectivity index (χ1n) is 25.9. The lowest BCUT2D eigenvalue weighted by Gasteiger charge is -2.50. The van der Waals surface area contributed by atoms with E-state index in [4.69, 9.17) is 52.1 Å². The monoisotopic (exact) mass is 1040 g/mol. The Kier molecular flexibility index (Phi) is 24.1. The number of carbonyl (C=O) groups excluding carboxylic acids is 5. The molecule has 0 amide bonds. The summed E-state index contributed by atoms with van der Waals surface area (Å²) >= 11 is 0. The predicted octanol–water partition coefficient (Wildman–Crippen LogP) is 4.00. The van der Waals surface area contributed by atoms with Crippen LogP contribution < -0.4 is 0 Å². The van der Waals surface area contributed by atoms with Gasteiger partial charge in [0.2, 0.25) is 0 Å². The molecule has 20 heteroatoms. The Morgan fingerprint density at radius 2 is 1.55 bits per heavy atom. The van der Waals surface area contributed by atoms with E-state index in [1.54, 1.807) is 73.5 Å². The number of rotatable bonds is 17. The van der Waals surface area contributed by atoms with Gasteiger partial charge in [-0.25, -0.2) is 0 Å². The van der Waals surface area contributed by atoms with Crippen LogP contribution in [0.2, 0.25) is 0 Å². The number of esters is 3. The Morgan fingerprint density at radius 1 is 0.890 bits per heavy atom. The lowest BCUT2D eigenvalue weighted by molar-refractivity contribution is -0.342. The van der Waals surface area contributed by atoms with E-state index in [1.165, 1.54) is 27.2 Å². The van der Waals surface area contributed by atoms with Crippen molar-refractivity contribution >= 4 is 30.0 Å². The van der Waals surface area contributed by atoms with Gasteiger partial charge in [-0.3, -0.25) is 19.2 Å². The predicted molar refractivity (Wildman–Crippen MR) is 263 cm³/mol. The molecule has 21 atom stereocenters. The number of ether oxygens (including phenoxy) is 11. The van der Waals surface area contributed by atoms with Crippen molar-refractivity contribution < 1.29 is 91.4 Å². The number of hydrogen-bond acceptors (Lipinski definition) is 20. The van der Waals surface area contributed by atoms with Crippen LogP contribution in [-0.4, -0.2) is 189 Å². The highest BCUT2D eigenvalue weighted by Gasteiger charge is 2.53. The van der Waals surface area contributed by atoms with Crippen molar-refractivity contribution in [2.24, 2.45) is 29.6 Å². The van der Waals surface area contributed by atoms with Gasteiger partial charge in [0.05, 0.1) is 43.5 Å². The van der Waals surface area contributed by atoms with E-state index in [0.29, 0.717) is 18.3 Å². The molecule has 73 heavy (non-hydrogen) atoms. The second-order valence-electron chi connectivity index (χ2n) is 21.4. The molecule has 0 aromatic rings. The standard InChI is InChI=1S/C53H87NO19/c1-16-38-36(26-65-52-49(64-15)48(63-14)44(60)31(7)67-52)22-28(4)17-18-37(57)29(5)23-35(19-20-55)46(30(6)39(69-34(10)56)24-41(59)70-38)73-51-45(61)43(54(12)13)47(32(8)68-51)72-42-25-53(11,62)50(33(9)66-42)71-40(58)21-27(2)3/h17-18,20,22,27,29-33,35-36,38-39,42-52,60-62H,16,19,21,23-26H2,1-15H3/t29-,30+,31-,32-,33+,35+,36-,38-,39-,42+,43+,44-,45+,46-,47-,48-,49+,50+,51-,52-,53-/m1/s1. The normalized spacial score (nSPS) is 40.5. The first kappa shape index (κ1) is 62.3. The van der Waals surface area contributed by atoms with Crippen LogP contribution in [0.15, 0.2) is 23.8 Å². The van der Waals surface area contributed by atoms with E-state index in [2.05, 4.69) is 0 Å². The van der Waals surface area contributed by atoms with Crippen molar-refractivity contribution in [3.05, 3.63) is 23.8 Å². The van der Waals surface area contributed by atoms with Crippen LogP contribution in [0.25, 0.3) is 0 Å². The first-order chi connectivity index (χ1) is 34.3. The molecule has 0 saturated carbocycles. The zero-order chi connectivity index (χ0) is 54.6. The van der Waals surface area contributed by atoms with Crippen molar-refractivity contribution in [1.82, 2.24) is 4.90 Å². The number of cyclic esters (lactones) is 1. The smallest absolute Gasteiger partial charge is 0.309 e. The minimum atomic E-state index is -1.53. The Morgan fingerprint density at radius 3 is 2.12 bits per heavy atom. The fourth-order valence-electron chi connectivity index (χ4n) is 10.6. The molecule has 0 aromatic carbocycles. The topological polar surface area (TPSA) is 251 Å². The first-order valence-corrected chi connectivity index (χ1v) is 25.9. The summed E-state index contributed by atoms with van der Waals surface area (Å²) in [7, 11) is 6.41. The van der Waals surface area contributed by atoms with Crippen LogP contribution in [0.3, 0.4) is 0 Å². The summed E-state index contributed by atoms with van der Waals surface area (Å²) in [6.45, 7) is 18.7. The summed E-state index contributed by atoms with van der Waals surface area (Å²) in [6, 6.07) is -0.809. The number of aliphatic hydroxyl groups excluding tert-OH is 2. The van der Waals surface area contributed by atoms with Gasteiger partial charge in [-0.2, -0.15) is 0 Å². The number of hydrogen-bond donors (Lipinski definition) is 3. The van der Waals surface area contributed by atoms with Gasteiger partial charge in [0.25, 0.3) is 0 Å². The molecule has 0 unspecified atom stereocenters. The zero-order valence-electron chi connectivity index (χ0n) is 45.7. The van der Waals surface area contributed by atoms with Crippen LogP contribution in [-0.2, 0) is 76.1 Å². The number of likely N-dealkylation sites (N-methyl/N-ethyl adjacent to an activating group) is 1. The highest BCUT2D eigenvalue weighted by atomic mass is 16.7. The number of nitrogens with zero attached hydrogens (tertiary/aromatic N) is 1. The summed E-state index contributed by atoms with van der Waals surface area (Å²) in [5, 5.41) is 34.6. The highest BCUT2D eigenvalue weighted by molar-refractivity contribution is 5.91. The second-order valence-corrected chi connectivity index (χ2v) is 21.4. The lowest BCUT2D eigenvalue weighted by atomic mass is 9.79. The zero-order valence-corrected chi connectivity index (χ0v) is 45.7. The lowest BCUT2D eigenvalue weighted by Crippen LogP contribution is -2.65. The minimum Gasteiger partial charge on any atom is -0.462 e. The van der Waals surface area contributed by atoms with Gasteiger partial charge in [-0.05, 0) is 79.5 Å². The minimum absolute atomic E-state index is 0.0378. The summed E-state index contributed by atoms with van der Waals surface area (Å²) in [6.07, 6.45) is -8.67. The highest BCUT2D eigenvalue weighted by Crippen LogP contribution is 2.39. The largest absolute Gasteiger partial charge is 0.462 e. The molecule has 3 fully saturated rings. The van der Waals surface area contributed by atoms with Crippen LogP contribution in [0.4, 0.5) is 0 Å². The maximum absolute atomic E-state index is 14.2. The van der Waals surface area contributed by atoms with Gasteiger partial charge in [0.1, 0.15) is 54.6 Å². The number of ketones is 1. The van der Waals surface area contributed by atoms with Crippen molar-refractivity contribution in [1.29, 1.82) is 0 Å². The number of methoxy groups -OCH3 is 2. The van der Waals surface area contributed by atoms with Gasteiger partial charge >= 0.3 is 17.9 Å². The summed E-state index contributed by atoms with van der Waals surface area (Å²) in [4.78, 5) is 67.9. The fourth-order valence-corrected chi connectivity index (χ4v) is 10.6. The molecule has 0 spiro atoms. The van der Waals surface area contributed by atoms with Crippen molar-refractivity contribution in [3.63, 3.8) is 0 Å². The molecular formula is C53H87NO19. The molecule has 418 valence electrons. The third-order valence-electron chi connectivity index (χ3n) is 14.5. The van der Waals surface area contributed by atoms with Crippen molar-refractivity contribution in [2.45, 2.75) is 218 Å². The molecule has 0 bridgehead atoms. The summed E-state index contributed by atoms with van der Waals surface area (Å²) in [5.74, 6) is -4.87. The molecule has 4 aliphatic heterocycles. The van der Waals surface area contributed by atoms with E-state index in [9.17, 15) is 39.3 Å². The Bertz CT molecular complexity index is 1860. The van der Waals surface area contributed by atoms with Crippen LogP contribution >= 0.6 is 0 Å². The second kappa shape index (κ2) is 28.2. The van der Waals surface area contributed by atoms with Crippen LogP contribution in [0.5, 0.6) is 0 Å². The van der Waals surface area contributed by atoms with Crippen LogP contribution in [0, 0.1) is 29.6 Å². The van der Waals surface area contributed by atoms with Gasteiger partial charge in [0.15, 0.2) is 30.8 Å². The molecule has 4 aliphatic rings. The Balaban J connectivity index is 1.66. The van der Waals surface area contributed by atoms with E-state index >= 15 is 0 Å². The summed E-state index contributed by atoms with van der Waals surface area (Å²) < 4.78 is 67.2. The van der Waals surface area contributed by atoms with Gasteiger partial charge < -0.3 is 77.1 Å². The third-order valence-corrected chi connectivity index (χ3v) is 14.5. The van der Waals surface area contributed by atoms with Gasteiger partial charge in [0, 0.05) is 58.2 Å². The molecule has 4 heterocycles. The number of allylic oxidation sites excluding steroid dienone is 3. The molecule has 0 aromatic heterocycles. The van der Waals surface area contributed by atoms with Gasteiger partial charge in [-0.1, -0.05) is 52.3 Å². The van der Waals surface area contributed by atoms with E-state index in [0.717, 1.165) is 0 Å². The van der Waals surface area contributed by atoms with Gasteiger partial charge in [-0.15, -0.1) is 0 Å². The van der Waals surface area contributed by atoms with Crippen molar-refractivity contribution in [2.75, 3.05) is 34.9 Å². The third kappa shape index (κ3) is 16.9. The fraction of sp³-hybridized carbons (Fsp3) is 0.830. The number of carbonyl (C=O) groups is 5. The van der Waals surface area contributed by atoms with Crippen LogP contribution in [0.1, 0.15) is 115 Å². The summed E-state index contributed by atoms with van der Waals surface area (Å²) in [5.41, 5.74) is -0.865. The maximum atomic E-state index is 14.2. The van der Waals surface area contributed by atoms with E-state index in [-0.39, 0.29) is 44.0 Å². The maximum Gasteiger partial charge on any atom is 0.309 e. The van der Waals surface area contributed by atoms with Crippen molar-refractivity contribution in [3.8, 4) is 0 Å². The molecule has 0 aliphatic carbocycles.